The van der Waals surface area contributed by atoms with Crippen LogP contribution >= 0.6 is 11.3 Å². The number of carbonyl (C=O) groups is 1. The van der Waals surface area contributed by atoms with E-state index in [2.05, 4.69) is 4.98 Å². The number of fused-ring (bicyclic) bond motifs is 1. The highest BCUT2D eigenvalue weighted by Crippen LogP contribution is 2.26. The molecule has 0 N–H and O–H groups in total. The molecule has 0 atom stereocenters. The lowest BCUT2D eigenvalue weighted by Crippen LogP contribution is -2.28. The van der Waals surface area contributed by atoms with Gasteiger partial charge in [0, 0.05) is 11.5 Å². The first-order valence-electron chi connectivity index (χ1n) is 7.66. The third-order valence-corrected chi connectivity index (χ3v) is 4.71. The Labute approximate surface area is 139 Å². The van der Waals surface area contributed by atoms with Crippen LogP contribution in [0.4, 0.5) is 0 Å². The molecule has 0 aromatic carbocycles. The molecule has 126 valence electrons. The highest BCUT2D eigenvalue weighted by Gasteiger charge is 2.16. The van der Waals surface area contributed by atoms with Crippen molar-refractivity contribution >= 4 is 27.5 Å². The van der Waals surface area contributed by atoms with Gasteiger partial charge in [-0.3, -0.25) is 14.2 Å². The average molecular weight is 338 g/mol. The zero-order chi connectivity index (χ0) is 17.0. The third-order valence-electron chi connectivity index (χ3n) is 3.61. The Bertz CT molecular complexity index is 764. The van der Waals surface area contributed by atoms with Crippen molar-refractivity contribution in [3.8, 4) is 0 Å². The second-order valence-electron chi connectivity index (χ2n) is 5.35. The first-order valence-corrected chi connectivity index (χ1v) is 8.47. The molecule has 2 heterocycles. The van der Waals surface area contributed by atoms with Gasteiger partial charge in [0.15, 0.2) is 0 Å². The molecule has 0 saturated heterocycles. The van der Waals surface area contributed by atoms with E-state index in [1.807, 2.05) is 20.8 Å². The van der Waals surface area contributed by atoms with Crippen LogP contribution in [0.25, 0.3) is 10.2 Å². The van der Waals surface area contributed by atoms with E-state index >= 15 is 0 Å². The molecule has 2 aromatic heterocycles. The summed E-state index contributed by atoms with van der Waals surface area (Å²) in [5.41, 5.74) is 0.742. The van der Waals surface area contributed by atoms with Crippen molar-refractivity contribution in [1.29, 1.82) is 0 Å². The number of nitrogens with zero attached hydrogens (tertiary/aromatic N) is 2. The lowest BCUT2D eigenvalue weighted by molar-refractivity contribution is -0.146. The first-order chi connectivity index (χ1) is 11.0. The maximum absolute atomic E-state index is 12.6. The molecule has 0 unspecified atom stereocenters. The fourth-order valence-electron chi connectivity index (χ4n) is 2.25. The van der Waals surface area contributed by atoms with Gasteiger partial charge in [0.2, 0.25) is 0 Å². The zero-order valence-corrected chi connectivity index (χ0v) is 14.8. The van der Waals surface area contributed by atoms with Gasteiger partial charge in [0.05, 0.1) is 12.0 Å². The lowest BCUT2D eigenvalue weighted by Gasteiger charge is -2.10. The summed E-state index contributed by atoms with van der Waals surface area (Å²) < 4.78 is 11.7. The highest BCUT2D eigenvalue weighted by molar-refractivity contribution is 7.18. The molecule has 7 heteroatoms. The topological polar surface area (TPSA) is 70.4 Å². The van der Waals surface area contributed by atoms with Gasteiger partial charge in [0.1, 0.15) is 23.8 Å². The predicted molar refractivity (Wildman–Crippen MR) is 90.2 cm³/mol. The minimum atomic E-state index is -0.457. The maximum Gasteiger partial charge on any atom is 0.326 e. The van der Waals surface area contributed by atoms with Crippen LogP contribution in [-0.2, 0) is 20.8 Å². The summed E-state index contributed by atoms with van der Waals surface area (Å²) in [6.45, 7) is 8.68. The molecule has 0 fully saturated rings. The van der Waals surface area contributed by atoms with Gasteiger partial charge >= 0.3 is 5.97 Å². The van der Waals surface area contributed by atoms with E-state index in [0.29, 0.717) is 24.4 Å². The number of hydrogen-bond donors (Lipinski definition) is 0. The molecular weight excluding hydrogens is 316 g/mol. The van der Waals surface area contributed by atoms with E-state index in [0.717, 1.165) is 21.7 Å². The number of hydrogen-bond acceptors (Lipinski definition) is 6. The minimum absolute atomic E-state index is 0.129. The van der Waals surface area contributed by atoms with Gasteiger partial charge in [-0.2, -0.15) is 0 Å². The number of esters is 1. The Morgan fingerprint density at radius 3 is 2.65 bits per heavy atom. The van der Waals surface area contributed by atoms with Crippen LogP contribution in [0.15, 0.2) is 4.79 Å². The molecule has 0 bridgehead atoms. The fraction of sp³-hybridized carbons (Fsp3) is 0.562. The molecule has 23 heavy (non-hydrogen) atoms. The van der Waals surface area contributed by atoms with Gasteiger partial charge in [-0.1, -0.05) is 6.92 Å². The third kappa shape index (κ3) is 3.97. The second kappa shape index (κ2) is 7.70. The first kappa shape index (κ1) is 17.6. The summed E-state index contributed by atoms with van der Waals surface area (Å²) in [6.07, 6.45) is 0.924. The van der Waals surface area contributed by atoms with Crippen LogP contribution in [0, 0.1) is 20.8 Å². The van der Waals surface area contributed by atoms with Crippen molar-refractivity contribution in [3.63, 3.8) is 0 Å². The van der Waals surface area contributed by atoms with E-state index in [-0.39, 0.29) is 18.7 Å². The van der Waals surface area contributed by atoms with Gasteiger partial charge in [0.25, 0.3) is 5.56 Å². The quantitative estimate of drug-likeness (QED) is 0.572. The Hall–Kier alpha value is -1.73. The Kier molecular flexibility index (Phi) is 5.90. The standard InChI is InChI=1S/C16H22N2O4S/c1-5-6-21-7-8-22-13(19)9-18-12(4)17-15-14(16(18)20)10(2)11(3)23-15/h5-9H2,1-4H3. The number of aryl methyl sites for hydroxylation is 3. The molecule has 0 saturated carbocycles. The van der Waals surface area contributed by atoms with E-state index in [9.17, 15) is 9.59 Å². The second-order valence-corrected chi connectivity index (χ2v) is 6.55. The molecule has 0 aliphatic rings. The number of carbonyl (C=O) groups excluding carboxylic acids is 1. The molecule has 0 amide bonds. The van der Waals surface area contributed by atoms with Crippen LogP contribution < -0.4 is 5.56 Å². The highest BCUT2D eigenvalue weighted by atomic mass is 32.1. The number of aromatic nitrogens is 2. The predicted octanol–water partition coefficient (Wildman–Crippen LogP) is 2.35. The number of ether oxygens (including phenoxy) is 2. The van der Waals surface area contributed by atoms with Crippen LogP contribution in [0.3, 0.4) is 0 Å². The van der Waals surface area contributed by atoms with E-state index < -0.39 is 5.97 Å². The monoisotopic (exact) mass is 338 g/mol. The van der Waals surface area contributed by atoms with Crippen LogP contribution in [0.1, 0.15) is 29.6 Å². The van der Waals surface area contributed by atoms with Gasteiger partial charge in [-0.15, -0.1) is 11.3 Å². The minimum Gasteiger partial charge on any atom is -0.462 e. The number of rotatable bonds is 7. The maximum atomic E-state index is 12.6. The summed E-state index contributed by atoms with van der Waals surface area (Å²) in [6, 6.07) is 0. The Balaban J connectivity index is 2.12. The van der Waals surface area contributed by atoms with Crippen LogP contribution in [-0.4, -0.2) is 35.3 Å². The van der Waals surface area contributed by atoms with Crippen LogP contribution in [0.2, 0.25) is 0 Å². The zero-order valence-electron chi connectivity index (χ0n) is 14.0. The summed E-state index contributed by atoms with van der Waals surface area (Å²) in [5.74, 6) is 0.0592. The van der Waals surface area contributed by atoms with Crippen LogP contribution in [0.5, 0.6) is 0 Å². The number of thiophene rings is 1. The molecule has 2 aromatic rings. The van der Waals surface area contributed by atoms with Crippen molar-refractivity contribution in [2.75, 3.05) is 19.8 Å². The van der Waals surface area contributed by atoms with Crippen molar-refractivity contribution in [1.82, 2.24) is 9.55 Å². The molecule has 6 nitrogen and oxygen atoms in total. The van der Waals surface area contributed by atoms with Gasteiger partial charge in [-0.25, -0.2) is 4.98 Å². The molecule has 2 rings (SSSR count). The summed E-state index contributed by atoms with van der Waals surface area (Å²) in [4.78, 5) is 30.8. The molecule has 0 aliphatic carbocycles. The van der Waals surface area contributed by atoms with Gasteiger partial charge < -0.3 is 9.47 Å². The van der Waals surface area contributed by atoms with Crippen molar-refractivity contribution in [2.24, 2.45) is 0 Å². The molecular formula is C16H22N2O4S. The van der Waals surface area contributed by atoms with E-state index in [1.165, 1.54) is 15.9 Å². The molecule has 0 spiro atoms. The van der Waals surface area contributed by atoms with Crippen molar-refractivity contribution < 1.29 is 14.3 Å². The summed E-state index contributed by atoms with van der Waals surface area (Å²) >= 11 is 1.50. The largest absolute Gasteiger partial charge is 0.462 e. The fourth-order valence-corrected chi connectivity index (χ4v) is 3.32. The van der Waals surface area contributed by atoms with E-state index in [4.69, 9.17) is 9.47 Å². The van der Waals surface area contributed by atoms with Gasteiger partial charge in [-0.05, 0) is 32.8 Å². The average Bonchev–Trinajstić information content (AvgIpc) is 2.78. The normalized spacial score (nSPS) is 11.1. The summed E-state index contributed by atoms with van der Waals surface area (Å²) in [5, 5.41) is 0.595. The lowest BCUT2D eigenvalue weighted by atomic mass is 10.2. The smallest absolute Gasteiger partial charge is 0.326 e. The van der Waals surface area contributed by atoms with Crippen molar-refractivity contribution in [2.45, 2.75) is 40.7 Å². The molecule has 0 radical (unpaired) electrons. The van der Waals surface area contributed by atoms with Crippen molar-refractivity contribution in [3.05, 3.63) is 26.6 Å². The van der Waals surface area contributed by atoms with E-state index in [1.54, 1.807) is 6.92 Å². The summed E-state index contributed by atoms with van der Waals surface area (Å²) in [7, 11) is 0. The Morgan fingerprint density at radius 1 is 1.22 bits per heavy atom. The SMILES string of the molecule is CCCOCCOC(=O)Cn1c(C)nc2sc(C)c(C)c2c1=O. The Morgan fingerprint density at radius 2 is 1.96 bits per heavy atom. The molecule has 0 aliphatic heterocycles.